The number of aliphatic hydroxyl groups is 1. The van der Waals surface area contributed by atoms with Crippen LogP contribution >= 0.6 is 0 Å². The van der Waals surface area contributed by atoms with Gasteiger partial charge in [-0.2, -0.15) is 0 Å². The third-order valence-corrected chi connectivity index (χ3v) is 2.98. The average molecular weight is 472 g/mol. The topological polar surface area (TPSA) is 333 Å². The van der Waals surface area contributed by atoms with Crippen LogP contribution in [-0.4, -0.2) is 100 Å². The Morgan fingerprint density at radius 2 is 1.00 bits per heavy atom. The van der Waals surface area contributed by atoms with Crippen molar-refractivity contribution in [1.29, 1.82) is 0 Å². The van der Waals surface area contributed by atoms with Crippen LogP contribution in [-0.2, 0) is 33.6 Å². The van der Waals surface area contributed by atoms with Crippen LogP contribution in [0.3, 0.4) is 0 Å². The molecule has 184 valence electrons. The zero-order chi connectivity index (χ0) is 26.2. The van der Waals surface area contributed by atoms with Crippen molar-refractivity contribution in [2.24, 2.45) is 11.5 Å². The Balaban J connectivity index is -0.000000403. The van der Waals surface area contributed by atoms with Crippen molar-refractivity contribution >= 4 is 41.8 Å². The molecule has 2 atom stereocenters. The average Bonchev–Trinajstić information content (AvgIpc) is 2.58. The van der Waals surface area contributed by atoms with E-state index in [-0.39, 0.29) is 12.8 Å². The highest BCUT2D eigenvalue weighted by Crippen LogP contribution is 2.15. The van der Waals surface area contributed by atoms with Gasteiger partial charge in [0.15, 0.2) is 5.60 Å². The Hall–Kier alpha value is -3.83. The lowest BCUT2D eigenvalue weighted by Gasteiger charge is -2.18. The molecule has 32 heavy (non-hydrogen) atoms. The van der Waals surface area contributed by atoms with Crippen molar-refractivity contribution in [3.63, 3.8) is 0 Å². The van der Waals surface area contributed by atoms with Gasteiger partial charge < -0.3 is 52.3 Å². The monoisotopic (exact) mass is 472 g/mol. The molecule has 0 fully saturated rings. The van der Waals surface area contributed by atoms with Gasteiger partial charge in [-0.3, -0.25) is 28.8 Å². The molecule has 0 radical (unpaired) electrons. The molecule has 17 nitrogen and oxygen atoms in total. The van der Waals surface area contributed by atoms with E-state index >= 15 is 0 Å². The number of carboxylic acids is 7. The van der Waals surface area contributed by atoms with Crippen LogP contribution in [0.25, 0.3) is 0 Å². The van der Waals surface area contributed by atoms with Crippen LogP contribution in [0.2, 0.25) is 0 Å². The fourth-order valence-electron chi connectivity index (χ4n) is 1.39. The van der Waals surface area contributed by atoms with Gasteiger partial charge >= 0.3 is 41.8 Å². The Kier molecular flexibility index (Phi) is 16.3. The van der Waals surface area contributed by atoms with Crippen molar-refractivity contribution in [1.82, 2.24) is 0 Å². The lowest BCUT2D eigenvalue weighted by molar-refractivity contribution is -0.170. The van der Waals surface area contributed by atoms with Gasteiger partial charge in [-0.25, -0.2) is 4.79 Å². The van der Waals surface area contributed by atoms with Gasteiger partial charge in [0.2, 0.25) is 0 Å². The van der Waals surface area contributed by atoms with E-state index in [2.05, 4.69) is 0 Å². The molecule has 0 rings (SSSR count). The Bertz CT molecular complexity index is 689. The summed E-state index contributed by atoms with van der Waals surface area (Å²) in [5.41, 5.74) is 7.10. The number of aliphatic carboxylic acids is 7. The van der Waals surface area contributed by atoms with Crippen LogP contribution in [0.4, 0.5) is 0 Å². The van der Waals surface area contributed by atoms with Gasteiger partial charge in [-0.05, 0) is 6.42 Å². The first kappa shape index (κ1) is 32.8. The number of carbonyl (C=O) groups is 7. The third kappa shape index (κ3) is 19.5. The van der Waals surface area contributed by atoms with Crippen molar-refractivity contribution < 1.29 is 74.4 Å². The first-order valence-electron chi connectivity index (χ1n) is 8.15. The number of nitrogens with two attached hydrogens (primary N) is 2. The molecule has 0 aromatic heterocycles. The number of hydrogen-bond acceptors (Lipinski definition) is 10. The van der Waals surface area contributed by atoms with Crippen LogP contribution in [0, 0.1) is 0 Å². The van der Waals surface area contributed by atoms with Crippen LogP contribution in [0.15, 0.2) is 0 Å². The molecule has 0 bridgehead atoms. The highest BCUT2D eigenvalue weighted by atomic mass is 16.4. The minimum atomic E-state index is -2.74. The SMILES string of the molecule is N[C@@H](CC(=O)O)C(=O)O.N[C@@H](CCC(=O)O)C(=O)O.O=C(O)CC(O)(CC(=O)O)C(=O)O. The van der Waals surface area contributed by atoms with E-state index < -0.39 is 78.7 Å². The molecule has 0 saturated heterocycles. The van der Waals surface area contributed by atoms with Crippen LogP contribution in [0.1, 0.15) is 32.1 Å². The summed E-state index contributed by atoms with van der Waals surface area (Å²) in [7, 11) is 0. The maximum atomic E-state index is 10.3. The second kappa shape index (κ2) is 15.9. The van der Waals surface area contributed by atoms with E-state index in [1.165, 1.54) is 0 Å². The van der Waals surface area contributed by atoms with E-state index in [1.807, 2.05) is 0 Å². The van der Waals surface area contributed by atoms with Crippen molar-refractivity contribution in [3.8, 4) is 0 Å². The van der Waals surface area contributed by atoms with Gasteiger partial charge in [0.25, 0.3) is 0 Å². The first-order chi connectivity index (χ1) is 14.3. The summed E-state index contributed by atoms with van der Waals surface area (Å²) in [5.74, 6) is -9.71. The first-order valence-corrected chi connectivity index (χ1v) is 8.15. The maximum absolute atomic E-state index is 10.3. The molecular weight excluding hydrogens is 448 g/mol. The van der Waals surface area contributed by atoms with E-state index in [0.717, 1.165) is 0 Å². The highest BCUT2D eigenvalue weighted by Gasteiger charge is 2.40. The number of rotatable bonds is 12. The van der Waals surface area contributed by atoms with Crippen molar-refractivity contribution in [2.45, 2.75) is 49.8 Å². The zero-order valence-corrected chi connectivity index (χ0v) is 16.3. The fraction of sp³-hybridized carbons (Fsp3) is 0.533. The second-order valence-electron chi connectivity index (χ2n) is 5.90. The van der Waals surface area contributed by atoms with E-state index in [0.29, 0.717) is 0 Å². The molecule has 0 aliphatic carbocycles. The zero-order valence-electron chi connectivity index (χ0n) is 16.3. The van der Waals surface area contributed by atoms with E-state index in [1.54, 1.807) is 0 Å². The maximum Gasteiger partial charge on any atom is 0.336 e. The summed E-state index contributed by atoms with van der Waals surface area (Å²) in [6.07, 6.45) is -3.04. The molecule has 17 heteroatoms. The third-order valence-electron chi connectivity index (χ3n) is 2.98. The predicted molar refractivity (Wildman–Crippen MR) is 97.4 cm³/mol. The summed E-state index contributed by atoms with van der Waals surface area (Å²) >= 11 is 0. The largest absolute Gasteiger partial charge is 0.481 e. The van der Waals surface area contributed by atoms with Crippen molar-refractivity contribution in [3.05, 3.63) is 0 Å². The van der Waals surface area contributed by atoms with Gasteiger partial charge in [0.05, 0.1) is 19.3 Å². The highest BCUT2D eigenvalue weighted by molar-refractivity contribution is 5.88. The summed E-state index contributed by atoms with van der Waals surface area (Å²) in [4.78, 5) is 70.0. The van der Waals surface area contributed by atoms with Gasteiger partial charge in [0.1, 0.15) is 12.1 Å². The van der Waals surface area contributed by atoms with Gasteiger partial charge in [-0.1, -0.05) is 0 Å². The van der Waals surface area contributed by atoms with E-state index in [4.69, 9.17) is 52.3 Å². The second-order valence-corrected chi connectivity index (χ2v) is 5.90. The predicted octanol–water partition coefficient (Wildman–Crippen LogP) is -3.11. The molecule has 0 aliphatic heterocycles. The van der Waals surface area contributed by atoms with E-state index in [9.17, 15) is 33.6 Å². The Morgan fingerprint density at radius 3 is 1.19 bits per heavy atom. The molecule has 0 aliphatic rings. The standard InChI is InChI=1S/C6H8O7.C5H9NO4.C4H7NO4/c7-3(8)1-6(13,5(11)12)2-4(9)10;6-3(5(9)10)1-2-4(7)8;5-2(4(8)9)1-3(6)7/h13H,1-2H2,(H,7,8)(H,9,10)(H,11,12);3H,1-2,6H2,(H,7,8)(H,9,10);2H,1,5H2,(H,6,7)(H,8,9)/t;3-;2-/m.00/s1. The quantitative estimate of drug-likeness (QED) is 0.134. The molecule has 0 heterocycles. The summed E-state index contributed by atoms with van der Waals surface area (Å²) in [5, 5.41) is 66.1. The minimum absolute atomic E-state index is 0.0231. The summed E-state index contributed by atoms with van der Waals surface area (Å²) < 4.78 is 0. The summed E-state index contributed by atoms with van der Waals surface area (Å²) in [6, 6.07) is -2.35. The summed E-state index contributed by atoms with van der Waals surface area (Å²) in [6.45, 7) is 0. The molecular formula is C15H24N2O15. The normalized spacial score (nSPS) is 11.8. The Labute approximate surface area is 178 Å². The smallest absolute Gasteiger partial charge is 0.336 e. The molecule has 0 amide bonds. The molecule has 0 aromatic rings. The molecule has 0 spiro atoms. The Morgan fingerprint density at radius 1 is 0.625 bits per heavy atom. The number of carboxylic acid groups (broad SMARTS) is 7. The molecule has 0 saturated carbocycles. The van der Waals surface area contributed by atoms with Crippen molar-refractivity contribution in [2.75, 3.05) is 0 Å². The van der Waals surface area contributed by atoms with Gasteiger partial charge in [0, 0.05) is 6.42 Å². The minimum Gasteiger partial charge on any atom is -0.481 e. The van der Waals surface area contributed by atoms with Crippen LogP contribution in [0.5, 0.6) is 0 Å². The lowest BCUT2D eigenvalue weighted by Crippen LogP contribution is -2.42. The molecule has 0 aromatic carbocycles. The molecule has 12 N–H and O–H groups in total. The van der Waals surface area contributed by atoms with Gasteiger partial charge in [-0.15, -0.1) is 0 Å². The molecule has 0 unspecified atom stereocenters. The van der Waals surface area contributed by atoms with Crippen LogP contribution < -0.4 is 11.5 Å². The number of hydrogen-bond donors (Lipinski definition) is 10. The lowest BCUT2D eigenvalue weighted by atomic mass is 9.96. The fourth-order valence-corrected chi connectivity index (χ4v) is 1.39.